The predicted molar refractivity (Wildman–Crippen MR) is 107 cm³/mol. The molecule has 3 amide bonds. The van der Waals surface area contributed by atoms with E-state index in [1.807, 2.05) is 28.0 Å². The fourth-order valence-corrected chi connectivity index (χ4v) is 4.50. The number of para-hydroxylation sites is 1. The van der Waals surface area contributed by atoms with Crippen molar-refractivity contribution in [3.63, 3.8) is 0 Å². The fourth-order valence-electron chi connectivity index (χ4n) is 3.63. The lowest BCUT2D eigenvalue weighted by Gasteiger charge is -2.33. The van der Waals surface area contributed by atoms with Gasteiger partial charge in [0.25, 0.3) is 0 Å². The average molecular weight is 376 g/mol. The van der Waals surface area contributed by atoms with Gasteiger partial charge >= 0.3 is 6.03 Å². The van der Waals surface area contributed by atoms with Crippen molar-refractivity contribution in [3.05, 3.63) is 24.3 Å². The Hall–Kier alpha value is -1.69. The largest absolute Gasteiger partial charge is 0.342 e. The summed E-state index contributed by atoms with van der Waals surface area (Å²) in [6, 6.07) is 7.91. The summed E-state index contributed by atoms with van der Waals surface area (Å²) < 4.78 is 0. The molecule has 5 nitrogen and oxygen atoms in total. The van der Waals surface area contributed by atoms with Gasteiger partial charge in [-0.1, -0.05) is 19.1 Å². The molecule has 2 fully saturated rings. The highest BCUT2D eigenvalue weighted by atomic mass is 32.2. The number of urea groups is 1. The third-order valence-electron chi connectivity index (χ3n) is 5.14. The summed E-state index contributed by atoms with van der Waals surface area (Å²) in [6.45, 7) is 5.28. The van der Waals surface area contributed by atoms with E-state index in [1.54, 1.807) is 11.8 Å². The highest BCUT2D eigenvalue weighted by Crippen LogP contribution is 2.28. The number of thioether (sulfide) groups is 1. The zero-order chi connectivity index (χ0) is 18.4. The molecule has 0 aromatic heterocycles. The van der Waals surface area contributed by atoms with E-state index < -0.39 is 0 Å². The molecule has 26 heavy (non-hydrogen) atoms. The van der Waals surface area contributed by atoms with Gasteiger partial charge in [0, 0.05) is 37.0 Å². The number of benzene rings is 1. The molecule has 2 aliphatic heterocycles. The number of likely N-dealkylation sites (tertiary alicyclic amines) is 2. The van der Waals surface area contributed by atoms with Gasteiger partial charge in [-0.25, -0.2) is 4.79 Å². The summed E-state index contributed by atoms with van der Waals surface area (Å²) in [5, 5.41) is 3.06. The van der Waals surface area contributed by atoms with Gasteiger partial charge in [0.05, 0.1) is 5.69 Å². The number of nitrogens with one attached hydrogen (secondary N) is 1. The molecule has 0 bridgehead atoms. The maximum absolute atomic E-state index is 12.6. The van der Waals surface area contributed by atoms with Crippen LogP contribution in [0.15, 0.2) is 29.2 Å². The number of anilines is 1. The summed E-state index contributed by atoms with van der Waals surface area (Å²) in [5.41, 5.74) is 0.881. The van der Waals surface area contributed by atoms with Crippen molar-refractivity contribution in [1.29, 1.82) is 0 Å². The molecule has 1 N–H and O–H groups in total. The molecule has 0 aliphatic carbocycles. The Bertz CT molecular complexity index is 623. The summed E-state index contributed by atoms with van der Waals surface area (Å²) in [4.78, 5) is 30.1. The summed E-state index contributed by atoms with van der Waals surface area (Å²) in [5.74, 6) is 1.42. The van der Waals surface area contributed by atoms with Crippen LogP contribution in [0.25, 0.3) is 0 Å². The van der Waals surface area contributed by atoms with Crippen molar-refractivity contribution in [3.8, 4) is 0 Å². The normalized spacial score (nSPS) is 18.2. The smallest absolute Gasteiger partial charge is 0.321 e. The molecule has 142 valence electrons. The first-order valence-corrected chi connectivity index (χ1v) is 10.7. The molecule has 0 spiro atoms. The van der Waals surface area contributed by atoms with Crippen molar-refractivity contribution < 1.29 is 9.59 Å². The van der Waals surface area contributed by atoms with Gasteiger partial charge in [-0.3, -0.25) is 4.79 Å². The molecule has 0 unspecified atom stereocenters. The zero-order valence-corrected chi connectivity index (χ0v) is 16.4. The molecule has 1 aromatic carbocycles. The highest BCUT2D eigenvalue weighted by molar-refractivity contribution is 7.99. The first-order chi connectivity index (χ1) is 12.7. The maximum atomic E-state index is 12.6. The molecular weight excluding hydrogens is 346 g/mol. The average Bonchev–Trinajstić information content (AvgIpc) is 3.21. The second-order valence-electron chi connectivity index (χ2n) is 7.07. The summed E-state index contributed by atoms with van der Waals surface area (Å²) >= 11 is 1.77. The number of piperidine rings is 1. The van der Waals surface area contributed by atoms with Gasteiger partial charge in [-0.15, -0.1) is 11.8 Å². The van der Waals surface area contributed by atoms with Gasteiger partial charge in [0.2, 0.25) is 5.91 Å². The van der Waals surface area contributed by atoms with Crippen LogP contribution in [-0.4, -0.2) is 53.7 Å². The number of rotatable bonds is 5. The maximum Gasteiger partial charge on any atom is 0.321 e. The van der Waals surface area contributed by atoms with Crippen LogP contribution in [0.3, 0.4) is 0 Å². The van der Waals surface area contributed by atoms with Crippen LogP contribution in [0, 0.1) is 5.92 Å². The molecular formula is C20H29N3O2S. The lowest BCUT2D eigenvalue weighted by molar-refractivity contribution is -0.135. The Morgan fingerprint density at radius 1 is 1.08 bits per heavy atom. The van der Waals surface area contributed by atoms with Crippen molar-refractivity contribution in [2.45, 2.75) is 43.9 Å². The number of carbonyl (C=O) groups is 2. The number of hydrogen-bond donors (Lipinski definition) is 1. The first-order valence-electron chi connectivity index (χ1n) is 9.75. The monoisotopic (exact) mass is 375 g/mol. The minimum Gasteiger partial charge on any atom is -0.342 e. The van der Waals surface area contributed by atoms with E-state index in [0.717, 1.165) is 61.5 Å². The molecule has 6 heteroatoms. The molecule has 0 saturated carbocycles. The standard InChI is InChI=1S/C20H29N3O2S/c1-2-15-26-18-8-4-3-7-17(18)21-20(25)23-13-9-16(10-14-23)19(24)22-11-5-6-12-22/h3-4,7-8,16H,2,5-6,9-15H2,1H3,(H,21,25). The van der Waals surface area contributed by atoms with Crippen LogP contribution in [0.2, 0.25) is 0 Å². The SMILES string of the molecule is CCCSc1ccccc1NC(=O)N1CCC(C(=O)N2CCCC2)CC1. The van der Waals surface area contributed by atoms with Crippen LogP contribution in [-0.2, 0) is 4.79 Å². The molecule has 1 aromatic rings. The van der Waals surface area contributed by atoms with Gasteiger partial charge in [0.1, 0.15) is 0 Å². The van der Waals surface area contributed by atoms with E-state index in [1.165, 1.54) is 0 Å². The molecule has 2 aliphatic rings. The molecule has 3 rings (SSSR count). The third-order valence-corrected chi connectivity index (χ3v) is 6.42. The van der Waals surface area contributed by atoms with Gasteiger partial charge < -0.3 is 15.1 Å². The summed E-state index contributed by atoms with van der Waals surface area (Å²) in [6.07, 6.45) is 4.90. The number of carbonyl (C=O) groups excluding carboxylic acids is 2. The van der Waals surface area contributed by atoms with E-state index in [9.17, 15) is 9.59 Å². The molecule has 0 atom stereocenters. The predicted octanol–water partition coefficient (Wildman–Crippen LogP) is 4.06. The highest BCUT2D eigenvalue weighted by Gasteiger charge is 2.31. The Balaban J connectivity index is 1.52. The molecule has 0 radical (unpaired) electrons. The van der Waals surface area contributed by atoms with Crippen LogP contribution >= 0.6 is 11.8 Å². The van der Waals surface area contributed by atoms with Crippen molar-refractivity contribution in [1.82, 2.24) is 9.80 Å². The Morgan fingerprint density at radius 3 is 2.46 bits per heavy atom. The van der Waals surface area contributed by atoms with Crippen LogP contribution in [0.5, 0.6) is 0 Å². The topological polar surface area (TPSA) is 52.7 Å². The van der Waals surface area contributed by atoms with E-state index in [-0.39, 0.29) is 11.9 Å². The zero-order valence-electron chi connectivity index (χ0n) is 15.6. The van der Waals surface area contributed by atoms with E-state index in [0.29, 0.717) is 19.0 Å². The van der Waals surface area contributed by atoms with E-state index >= 15 is 0 Å². The number of amides is 3. The quantitative estimate of drug-likeness (QED) is 0.790. The second kappa shape index (κ2) is 9.31. The third kappa shape index (κ3) is 4.72. The van der Waals surface area contributed by atoms with Crippen molar-refractivity contribution >= 4 is 29.4 Å². The lowest BCUT2D eigenvalue weighted by Crippen LogP contribution is -2.45. The van der Waals surface area contributed by atoms with E-state index in [4.69, 9.17) is 0 Å². The van der Waals surface area contributed by atoms with E-state index in [2.05, 4.69) is 18.3 Å². The Kier molecular flexibility index (Phi) is 6.83. The summed E-state index contributed by atoms with van der Waals surface area (Å²) in [7, 11) is 0. The van der Waals surface area contributed by atoms with Gasteiger partial charge in [-0.2, -0.15) is 0 Å². The van der Waals surface area contributed by atoms with Crippen LogP contribution < -0.4 is 5.32 Å². The van der Waals surface area contributed by atoms with Crippen molar-refractivity contribution in [2.24, 2.45) is 5.92 Å². The minimum atomic E-state index is -0.0541. The molecule has 2 saturated heterocycles. The minimum absolute atomic E-state index is 0.0541. The van der Waals surface area contributed by atoms with Crippen LogP contribution in [0.4, 0.5) is 10.5 Å². The van der Waals surface area contributed by atoms with Gasteiger partial charge in [-0.05, 0) is 50.0 Å². The number of nitrogens with zero attached hydrogens (tertiary/aromatic N) is 2. The number of hydrogen-bond acceptors (Lipinski definition) is 3. The first kappa shape index (κ1) is 19.1. The molecule has 2 heterocycles. The lowest BCUT2D eigenvalue weighted by atomic mass is 9.95. The Morgan fingerprint density at radius 2 is 1.77 bits per heavy atom. The van der Waals surface area contributed by atoms with Gasteiger partial charge in [0.15, 0.2) is 0 Å². The Labute approximate surface area is 160 Å². The van der Waals surface area contributed by atoms with Crippen LogP contribution in [0.1, 0.15) is 39.0 Å². The second-order valence-corrected chi connectivity index (χ2v) is 8.21. The van der Waals surface area contributed by atoms with Crippen molar-refractivity contribution in [2.75, 3.05) is 37.2 Å². The fraction of sp³-hybridized carbons (Fsp3) is 0.600.